The summed E-state index contributed by atoms with van der Waals surface area (Å²) >= 11 is 0. The zero-order valence-corrected chi connectivity index (χ0v) is 17.5. The van der Waals surface area contributed by atoms with Crippen LogP contribution in [0.3, 0.4) is 0 Å². The van der Waals surface area contributed by atoms with Crippen molar-refractivity contribution in [1.82, 2.24) is 19.6 Å². The number of amides is 2. The maximum atomic E-state index is 13.3. The molecule has 7 heteroatoms. The van der Waals surface area contributed by atoms with Crippen LogP contribution in [0.15, 0.2) is 48.8 Å². The minimum atomic E-state index is -0.605. The van der Waals surface area contributed by atoms with Gasteiger partial charge in [0.1, 0.15) is 0 Å². The maximum Gasteiger partial charge on any atom is 0.229 e. The summed E-state index contributed by atoms with van der Waals surface area (Å²) in [5.41, 5.74) is 0.395. The highest BCUT2D eigenvalue weighted by molar-refractivity contribution is 5.85. The van der Waals surface area contributed by atoms with E-state index in [1.807, 2.05) is 52.2 Å². The molecule has 3 heterocycles. The Labute approximate surface area is 177 Å². The van der Waals surface area contributed by atoms with Crippen molar-refractivity contribution in [3.63, 3.8) is 0 Å². The number of aliphatic hydroxyl groups is 1. The average Bonchev–Trinajstić information content (AvgIpc) is 3.27. The first kappa shape index (κ1) is 20.6. The third kappa shape index (κ3) is 3.99. The van der Waals surface area contributed by atoms with Gasteiger partial charge < -0.3 is 14.9 Å². The molecule has 7 nitrogen and oxygen atoms in total. The zero-order valence-electron chi connectivity index (χ0n) is 17.5. The van der Waals surface area contributed by atoms with Gasteiger partial charge in [-0.15, -0.1) is 0 Å². The Morgan fingerprint density at radius 3 is 2.60 bits per heavy atom. The Hall–Kier alpha value is -2.67. The number of aliphatic hydroxyl groups excluding tert-OH is 1. The number of aromatic nitrogens is 2. The number of hydrogen-bond acceptors (Lipinski definition) is 4. The lowest BCUT2D eigenvalue weighted by atomic mass is 9.68. The first-order chi connectivity index (χ1) is 14.5. The molecule has 2 aliphatic heterocycles. The van der Waals surface area contributed by atoms with Gasteiger partial charge in [0.05, 0.1) is 17.6 Å². The molecule has 2 aliphatic rings. The van der Waals surface area contributed by atoms with Crippen LogP contribution in [0.4, 0.5) is 0 Å². The molecule has 2 amide bonds. The number of benzene rings is 1. The highest BCUT2D eigenvalue weighted by Gasteiger charge is 2.51. The molecule has 0 aliphatic carbocycles. The summed E-state index contributed by atoms with van der Waals surface area (Å²) in [6.07, 6.45) is 5.94. The monoisotopic (exact) mass is 410 g/mol. The molecule has 160 valence electrons. The van der Waals surface area contributed by atoms with Crippen LogP contribution in [-0.2, 0) is 16.1 Å². The Balaban J connectivity index is 1.34. The van der Waals surface area contributed by atoms with Crippen LogP contribution in [0.25, 0.3) is 0 Å². The smallest absolute Gasteiger partial charge is 0.229 e. The van der Waals surface area contributed by atoms with E-state index in [4.69, 9.17) is 0 Å². The van der Waals surface area contributed by atoms with Gasteiger partial charge in [-0.05, 0) is 37.3 Å². The summed E-state index contributed by atoms with van der Waals surface area (Å²) in [6, 6.07) is 11.3. The second kappa shape index (κ2) is 8.60. The zero-order chi connectivity index (χ0) is 21.1. The number of likely N-dealkylation sites (N-methyl/N-ethyl adjacent to an activating group) is 1. The third-order valence-corrected chi connectivity index (χ3v) is 6.71. The van der Waals surface area contributed by atoms with Gasteiger partial charge in [0.15, 0.2) is 0 Å². The van der Waals surface area contributed by atoms with Gasteiger partial charge in [-0.1, -0.05) is 30.3 Å². The van der Waals surface area contributed by atoms with E-state index >= 15 is 0 Å². The van der Waals surface area contributed by atoms with Crippen LogP contribution < -0.4 is 0 Å². The molecule has 1 N–H and O–H groups in total. The fourth-order valence-corrected chi connectivity index (χ4v) is 5.04. The molecule has 2 aromatic rings. The van der Waals surface area contributed by atoms with E-state index in [0.29, 0.717) is 38.8 Å². The summed E-state index contributed by atoms with van der Waals surface area (Å²) in [7, 11) is 1.79. The SMILES string of the molecule is CN1C(=O)C2(CCN(C(=O)CCCn3cccn3)CC2)C[C@@H](O)[C@@H]1c1ccccc1. The van der Waals surface area contributed by atoms with Gasteiger partial charge in [-0.25, -0.2) is 0 Å². The number of nitrogens with zero attached hydrogens (tertiary/aromatic N) is 4. The second-order valence-electron chi connectivity index (χ2n) is 8.58. The predicted octanol–water partition coefficient (Wildman–Crippen LogP) is 2.24. The predicted molar refractivity (Wildman–Crippen MR) is 112 cm³/mol. The summed E-state index contributed by atoms with van der Waals surface area (Å²) < 4.78 is 1.83. The van der Waals surface area contributed by atoms with Crippen molar-refractivity contribution in [2.45, 2.75) is 50.8 Å². The van der Waals surface area contributed by atoms with Crippen molar-refractivity contribution in [3.05, 3.63) is 54.4 Å². The van der Waals surface area contributed by atoms with Gasteiger partial charge in [-0.2, -0.15) is 5.10 Å². The second-order valence-corrected chi connectivity index (χ2v) is 8.58. The number of rotatable bonds is 5. The summed E-state index contributed by atoms with van der Waals surface area (Å²) in [4.78, 5) is 29.5. The van der Waals surface area contributed by atoms with Gasteiger partial charge in [-0.3, -0.25) is 14.3 Å². The van der Waals surface area contributed by atoms with Gasteiger partial charge in [0.2, 0.25) is 11.8 Å². The van der Waals surface area contributed by atoms with Crippen LogP contribution in [0.5, 0.6) is 0 Å². The Kier molecular flexibility index (Phi) is 5.90. The minimum absolute atomic E-state index is 0.0902. The molecule has 2 saturated heterocycles. The first-order valence-electron chi connectivity index (χ1n) is 10.8. The molecule has 2 fully saturated rings. The number of hydrogen-bond donors (Lipinski definition) is 1. The van der Waals surface area contributed by atoms with Crippen molar-refractivity contribution in [1.29, 1.82) is 0 Å². The van der Waals surface area contributed by atoms with E-state index in [9.17, 15) is 14.7 Å². The number of likely N-dealkylation sites (tertiary alicyclic amines) is 2. The van der Waals surface area contributed by atoms with Gasteiger partial charge >= 0.3 is 0 Å². The van der Waals surface area contributed by atoms with E-state index in [1.165, 1.54) is 0 Å². The standard InChI is InChI=1S/C23H30N4O3/c1-25-21(18-7-3-2-4-8-18)19(28)17-23(22(25)30)10-15-26(16-11-23)20(29)9-5-13-27-14-6-12-24-27/h2-4,6-8,12,14,19,21,28H,5,9-11,13,15-17H2,1H3/t19-,21+/m1/s1. The van der Waals surface area contributed by atoms with E-state index in [2.05, 4.69) is 5.10 Å². The van der Waals surface area contributed by atoms with E-state index in [-0.39, 0.29) is 17.9 Å². The maximum absolute atomic E-state index is 13.3. The third-order valence-electron chi connectivity index (χ3n) is 6.71. The quantitative estimate of drug-likeness (QED) is 0.820. The molecule has 0 saturated carbocycles. The van der Waals surface area contributed by atoms with Crippen LogP contribution in [0.2, 0.25) is 0 Å². The molecule has 1 aromatic heterocycles. The topological polar surface area (TPSA) is 78.7 Å². The van der Waals surface area contributed by atoms with Crippen LogP contribution >= 0.6 is 0 Å². The molecule has 0 radical (unpaired) electrons. The Bertz CT molecular complexity index is 860. The van der Waals surface area contributed by atoms with E-state index in [1.54, 1.807) is 18.1 Å². The van der Waals surface area contributed by atoms with Crippen molar-refractivity contribution in [3.8, 4) is 0 Å². The van der Waals surface area contributed by atoms with Gasteiger partial charge in [0, 0.05) is 45.5 Å². The van der Waals surface area contributed by atoms with Crippen LogP contribution in [0.1, 0.15) is 43.7 Å². The molecule has 30 heavy (non-hydrogen) atoms. The lowest BCUT2D eigenvalue weighted by Crippen LogP contribution is -2.57. The first-order valence-corrected chi connectivity index (χ1v) is 10.8. The summed E-state index contributed by atoms with van der Waals surface area (Å²) in [6.45, 7) is 1.87. The average molecular weight is 411 g/mol. The van der Waals surface area contributed by atoms with Gasteiger partial charge in [0.25, 0.3) is 0 Å². The minimum Gasteiger partial charge on any atom is -0.391 e. The van der Waals surface area contributed by atoms with E-state index < -0.39 is 11.5 Å². The molecular weight excluding hydrogens is 380 g/mol. The van der Waals surface area contributed by atoms with E-state index in [0.717, 1.165) is 18.5 Å². The fourth-order valence-electron chi connectivity index (χ4n) is 5.04. The lowest BCUT2D eigenvalue weighted by Gasteiger charge is -2.50. The number of aryl methyl sites for hydroxylation is 1. The molecule has 0 bridgehead atoms. The molecule has 2 atom stereocenters. The van der Waals surface area contributed by atoms with Crippen molar-refractivity contribution >= 4 is 11.8 Å². The Morgan fingerprint density at radius 2 is 1.93 bits per heavy atom. The molecule has 4 rings (SSSR count). The van der Waals surface area contributed by atoms with Crippen molar-refractivity contribution in [2.75, 3.05) is 20.1 Å². The highest BCUT2D eigenvalue weighted by atomic mass is 16.3. The number of piperidine rings is 2. The van der Waals surface area contributed by atoms with Crippen LogP contribution in [0, 0.1) is 5.41 Å². The normalized spacial score (nSPS) is 23.7. The van der Waals surface area contributed by atoms with Crippen LogP contribution in [-0.4, -0.2) is 62.7 Å². The summed E-state index contributed by atoms with van der Waals surface area (Å²) in [5, 5.41) is 15.1. The molecular formula is C23H30N4O3. The molecule has 1 spiro atoms. The number of carbonyl (C=O) groups is 2. The number of carbonyl (C=O) groups excluding carboxylic acids is 2. The highest BCUT2D eigenvalue weighted by Crippen LogP contribution is 2.46. The molecule has 1 aromatic carbocycles. The Morgan fingerprint density at radius 1 is 1.20 bits per heavy atom. The molecule has 0 unspecified atom stereocenters. The lowest BCUT2D eigenvalue weighted by molar-refractivity contribution is -0.163. The van der Waals surface area contributed by atoms with Crippen molar-refractivity contribution < 1.29 is 14.7 Å². The summed E-state index contributed by atoms with van der Waals surface area (Å²) in [5.74, 6) is 0.226. The fraction of sp³-hybridized carbons (Fsp3) is 0.522. The largest absolute Gasteiger partial charge is 0.391 e. The van der Waals surface area contributed by atoms with Crippen molar-refractivity contribution in [2.24, 2.45) is 5.41 Å².